The van der Waals surface area contributed by atoms with E-state index in [1.165, 1.54) is 0 Å². The van der Waals surface area contributed by atoms with Crippen LogP contribution in [0.1, 0.15) is 0 Å². The van der Waals surface area contributed by atoms with Gasteiger partial charge in [-0.1, -0.05) is 0 Å². The van der Waals surface area contributed by atoms with Crippen LogP contribution in [0.25, 0.3) is 6.15 Å². The Morgan fingerprint density at radius 1 is 1.14 bits per heavy atom. The van der Waals surface area contributed by atoms with Crippen molar-refractivity contribution in [1.29, 1.82) is 0 Å². The number of nitrogens with two attached hydrogens (primary N) is 1. The summed E-state index contributed by atoms with van der Waals surface area (Å²) >= 11 is 3.27. The van der Waals surface area contributed by atoms with Crippen molar-refractivity contribution in [3.05, 3.63) is 6.15 Å². The zero-order valence-corrected chi connectivity index (χ0v) is 7.71. The Morgan fingerprint density at radius 2 is 1.14 bits per heavy atom. The average molecular weight is 311 g/mol. The molecular weight excluding hydrogens is 309 g/mol. The summed E-state index contributed by atoms with van der Waals surface area (Å²) in [6, 6.07) is 0. The molecule has 0 aliphatic heterocycles. The third-order valence-corrected chi connectivity index (χ3v) is 0. The zero-order chi connectivity index (χ0) is 4.50. The van der Waals surface area contributed by atoms with Gasteiger partial charge in [0.25, 0.3) is 0 Å². The molecule has 0 spiro atoms. The molecule has 0 atom stereocenters. The van der Waals surface area contributed by atoms with Gasteiger partial charge in [-0.3, -0.25) is 0 Å². The van der Waals surface area contributed by atoms with E-state index in [9.17, 15) is 0 Å². The van der Waals surface area contributed by atoms with Crippen LogP contribution in [-0.4, -0.2) is 0 Å². The molecule has 0 fully saturated rings. The fourth-order valence-electron chi connectivity index (χ4n) is 0. The summed E-state index contributed by atoms with van der Waals surface area (Å²) in [6.07, 6.45) is 0. The van der Waals surface area contributed by atoms with Gasteiger partial charge in [-0.2, -0.15) is 11.8 Å². The molecule has 0 saturated heterocycles. The summed E-state index contributed by atoms with van der Waals surface area (Å²) in [5, 5.41) is 0. The van der Waals surface area contributed by atoms with E-state index in [0.717, 1.165) is 0 Å². The fraction of sp³-hybridized carbons (Fsp3) is 0. The minimum absolute atomic E-state index is 0. The van der Waals surface area contributed by atoms with E-state index in [2.05, 4.69) is 11.8 Å². The first-order chi connectivity index (χ1) is 2.00. The molecule has 0 aliphatic rings. The second-order valence-electron chi connectivity index (χ2n) is 0.447. The molecule has 0 amide bonds. The molecule has 7 heavy (non-hydrogen) atoms. The first-order valence-electron chi connectivity index (χ1n) is 0.730. The molecule has 0 radical (unpaired) electrons. The van der Waals surface area contributed by atoms with E-state index in [1.807, 2.05) is 0 Å². The normalized spacial score (nSPS) is 8.43. The molecule has 0 saturated carbocycles. The van der Waals surface area contributed by atoms with E-state index < -0.39 is 6.72 Å². The maximum atomic E-state index is 8.92. The van der Waals surface area contributed by atoms with Crippen LogP contribution < -0.4 is 14.7 Å². The molecule has 0 aromatic rings. The van der Waals surface area contributed by atoms with E-state index in [4.69, 9.17) is 14.7 Å². The number of hydrogen-bond acceptors (Lipinski definition) is 4. The standard InChI is InChI=1S/H2N.H3O3PS.W/c;1-4(2,3)5;/h1H2;(H3,1,2,3,5);/q-1;;/p-3. The molecule has 0 bridgehead atoms. The maximum Gasteiger partial charge on any atom is 0 e. The van der Waals surface area contributed by atoms with Crippen molar-refractivity contribution in [3.63, 3.8) is 0 Å². The molecule has 0 aliphatic carbocycles. The van der Waals surface area contributed by atoms with Gasteiger partial charge in [0.15, 0.2) is 0 Å². The average Bonchev–Trinajstić information content (AvgIpc) is 0.722. The summed E-state index contributed by atoms with van der Waals surface area (Å²) in [5.74, 6) is 0. The summed E-state index contributed by atoms with van der Waals surface area (Å²) in [7, 11) is 0. The smallest absolute Gasteiger partial charge is 0 e. The first kappa shape index (κ1) is 15.7. The van der Waals surface area contributed by atoms with Gasteiger partial charge >= 0.3 is 0 Å². The van der Waals surface area contributed by atoms with Crippen molar-refractivity contribution in [1.82, 2.24) is 0 Å². The van der Waals surface area contributed by atoms with Crippen molar-refractivity contribution < 1.29 is 35.7 Å². The van der Waals surface area contributed by atoms with Crippen LogP contribution in [0, 0.1) is 0 Å². The zero-order valence-electron chi connectivity index (χ0n) is 3.07. The molecule has 0 unspecified atom stereocenters. The minimum atomic E-state index is -4.56. The van der Waals surface area contributed by atoms with Gasteiger partial charge in [-0.05, 0) is 0 Å². The van der Waals surface area contributed by atoms with Crippen LogP contribution in [-0.2, 0) is 32.9 Å². The van der Waals surface area contributed by atoms with Crippen LogP contribution in [0.2, 0.25) is 0 Å². The molecule has 2 N–H and O–H groups in total. The van der Waals surface area contributed by atoms with Gasteiger partial charge in [0.1, 0.15) is 0 Å². The topological polar surface area (TPSA) is 103 Å². The van der Waals surface area contributed by atoms with Crippen LogP contribution in [0.15, 0.2) is 0 Å². The predicted molar refractivity (Wildman–Crippen MR) is 19.6 cm³/mol. The first-order valence-corrected chi connectivity index (χ1v) is 3.29. The van der Waals surface area contributed by atoms with Gasteiger partial charge in [0, 0.05) is 21.1 Å². The van der Waals surface area contributed by atoms with E-state index in [0.29, 0.717) is 0 Å². The second-order valence-corrected chi connectivity index (χ2v) is 2.68. The molecule has 0 rings (SSSR count). The molecule has 0 aromatic heterocycles. The molecule has 7 heteroatoms. The molecule has 46 valence electrons. The Morgan fingerprint density at radius 3 is 1.14 bits per heavy atom. The van der Waals surface area contributed by atoms with Crippen molar-refractivity contribution in [2.75, 3.05) is 0 Å². The Balaban J connectivity index is -0.0000000800. The third-order valence-electron chi connectivity index (χ3n) is 0. The summed E-state index contributed by atoms with van der Waals surface area (Å²) in [4.78, 5) is 26.8. The van der Waals surface area contributed by atoms with Gasteiger partial charge in [-0.15, -0.1) is 0 Å². The fourth-order valence-corrected chi connectivity index (χ4v) is 0. The van der Waals surface area contributed by atoms with E-state index in [1.54, 1.807) is 0 Å². The Labute approximate surface area is 60.7 Å². The monoisotopic (exact) mass is 311 g/mol. The molecule has 0 heterocycles. The third kappa shape index (κ3) is 139. The van der Waals surface area contributed by atoms with Crippen molar-refractivity contribution in [2.24, 2.45) is 0 Å². The van der Waals surface area contributed by atoms with Crippen molar-refractivity contribution in [2.45, 2.75) is 0 Å². The van der Waals surface area contributed by atoms with E-state index >= 15 is 0 Å². The molecule has 0 aromatic carbocycles. The predicted octanol–water partition coefficient (Wildman–Crippen LogP) is -1.99. The molecule has 4 nitrogen and oxygen atoms in total. The van der Waals surface area contributed by atoms with Gasteiger partial charge < -0.3 is 27.5 Å². The van der Waals surface area contributed by atoms with Gasteiger partial charge in [0.05, 0.1) is 0 Å². The van der Waals surface area contributed by atoms with Crippen LogP contribution in [0.5, 0.6) is 0 Å². The maximum absolute atomic E-state index is 8.92. The Hall–Kier alpha value is 1.18. The summed E-state index contributed by atoms with van der Waals surface area (Å²) < 4.78 is 0. The van der Waals surface area contributed by atoms with Crippen LogP contribution in [0.3, 0.4) is 0 Å². The van der Waals surface area contributed by atoms with E-state index in [-0.39, 0.29) is 27.2 Å². The van der Waals surface area contributed by atoms with Crippen LogP contribution in [0.4, 0.5) is 0 Å². The van der Waals surface area contributed by atoms with Gasteiger partial charge in [-0.25, -0.2) is 0 Å². The Bertz CT molecular complexity index is 61.1. The van der Waals surface area contributed by atoms with Crippen LogP contribution >= 0.6 is 6.72 Å². The minimum Gasteiger partial charge on any atom is -0.844 e. The number of rotatable bonds is 0. The number of hydrogen-bond donors (Lipinski definition) is 0. The summed E-state index contributed by atoms with van der Waals surface area (Å²) in [5.41, 5.74) is 0. The van der Waals surface area contributed by atoms with Crippen molar-refractivity contribution in [3.8, 4) is 0 Å². The second kappa shape index (κ2) is 5.32. The quantitative estimate of drug-likeness (QED) is 0.483. The molecular formula is H2NO3PSW-4. The Kier molecular flexibility index (Phi) is 11.9. The SMILES string of the molecule is [NH2-].[O-]P([O-])([O-])=S.[W]. The van der Waals surface area contributed by atoms with Gasteiger partial charge in [0.2, 0.25) is 0 Å². The summed E-state index contributed by atoms with van der Waals surface area (Å²) in [6.45, 7) is -4.56. The largest absolute Gasteiger partial charge is 0.844 e. The van der Waals surface area contributed by atoms with Crippen molar-refractivity contribution >= 4 is 18.5 Å².